The summed E-state index contributed by atoms with van der Waals surface area (Å²) in [7, 11) is 0. The topological polar surface area (TPSA) is 58.6 Å². The van der Waals surface area contributed by atoms with Crippen molar-refractivity contribution in [2.24, 2.45) is 0 Å². The molecule has 4 aromatic carbocycles. The van der Waals surface area contributed by atoms with Crippen LogP contribution in [0.5, 0.6) is 11.5 Å². The summed E-state index contributed by atoms with van der Waals surface area (Å²) in [5, 5.41) is 2.99. The number of para-hydroxylation sites is 2. The van der Waals surface area contributed by atoms with Gasteiger partial charge in [0.2, 0.25) is 5.91 Å². The van der Waals surface area contributed by atoms with E-state index in [1.807, 2.05) is 95.9 Å². The average molecular weight is 449 g/mol. The van der Waals surface area contributed by atoms with Crippen molar-refractivity contribution in [2.45, 2.75) is 19.4 Å². The molecular formula is C29H24N2O3. The van der Waals surface area contributed by atoms with Crippen LogP contribution in [0.1, 0.15) is 27.9 Å². The number of carbonyl (C=O) groups excluding carboxylic acids is 2. The van der Waals surface area contributed by atoms with Gasteiger partial charge >= 0.3 is 0 Å². The minimum atomic E-state index is -0.250. The molecule has 0 saturated carbocycles. The molecule has 4 aromatic rings. The van der Waals surface area contributed by atoms with Gasteiger partial charge in [-0.05, 0) is 60.0 Å². The zero-order valence-electron chi connectivity index (χ0n) is 18.6. The second-order valence-electron chi connectivity index (χ2n) is 8.17. The first-order chi connectivity index (χ1) is 16.7. The van der Waals surface area contributed by atoms with Crippen LogP contribution in [0.25, 0.3) is 0 Å². The van der Waals surface area contributed by atoms with Crippen LogP contribution >= 0.6 is 0 Å². The molecule has 5 rings (SSSR count). The molecule has 1 heterocycles. The Hall–Kier alpha value is -4.38. The van der Waals surface area contributed by atoms with E-state index in [0.717, 1.165) is 16.8 Å². The van der Waals surface area contributed by atoms with E-state index in [-0.39, 0.29) is 11.8 Å². The highest BCUT2D eigenvalue weighted by Gasteiger charge is 2.25. The Labute approximate surface area is 198 Å². The fraction of sp³-hybridized carbons (Fsp3) is 0.103. The van der Waals surface area contributed by atoms with E-state index in [4.69, 9.17) is 4.74 Å². The van der Waals surface area contributed by atoms with Gasteiger partial charge in [0.05, 0.1) is 12.1 Å². The summed E-state index contributed by atoms with van der Waals surface area (Å²) in [5.74, 6) is 1.02. The number of anilines is 2. The third-order valence-electron chi connectivity index (χ3n) is 5.82. The van der Waals surface area contributed by atoms with E-state index in [9.17, 15) is 9.59 Å². The molecule has 0 unspecified atom stereocenters. The highest BCUT2D eigenvalue weighted by atomic mass is 16.5. The van der Waals surface area contributed by atoms with Gasteiger partial charge in [0, 0.05) is 17.8 Å². The van der Waals surface area contributed by atoms with Crippen LogP contribution < -0.4 is 15.0 Å². The average Bonchev–Trinajstić information content (AvgIpc) is 2.87. The maximum Gasteiger partial charge on any atom is 0.259 e. The zero-order chi connectivity index (χ0) is 23.3. The van der Waals surface area contributed by atoms with Crippen LogP contribution in [0.2, 0.25) is 0 Å². The predicted molar refractivity (Wildman–Crippen MR) is 133 cm³/mol. The van der Waals surface area contributed by atoms with Gasteiger partial charge in [0.1, 0.15) is 11.5 Å². The smallest absolute Gasteiger partial charge is 0.259 e. The van der Waals surface area contributed by atoms with E-state index >= 15 is 0 Å². The summed E-state index contributed by atoms with van der Waals surface area (Å²) in [6.45, 7) is 0.530. The van der Waals surface area contributed by atoms with Crippen molar-refractivity contribution in [3.63, 3.8) is 0 Å². The fourth-order valence-corrected chi connectivity index (χ4v) is 4.13. The SMILES string of the molecule is O=C(Nc1ccc2c(c1)CCC(=O)N2Cc1ccccc1)c1ccccc1Oc1ccccc1. The van der Waals surface area contributed by atoms with Gasteiger partial charge in [-0.3, -0.25) is 9.59 Å². The summed E-state index contributed by atoms with van der Waals surface area (Å²) >= 11 is 0. The Balaban J connectivity index is 1.35. The number of aryl methyl sites for hydroxylation is 1. The molecule has 0 aliphatic carbocycles. The maximum atomic E-state index is 13.1. The van der Waals surface area contributed by atoms with Crippen LogP contribution in [-0.2, 0) is 17.8 Å². The van der Waals surface area contributed by atoms with Crippen LogP contribution in [0, 0.1) is 0 Å². The summed E-state index contributed by atoms with van der Waals surface area (Å²) in [5.41, 5.74) is 4.15. The fourth-order valence-electron chi connectivity index (χ4n) is 4.13. The number of amides is 2. The van der Waals surface area contributed by atoms with Gasteiger partial charge < -0.3 is 15.0 Å². The van der Waals surface area contributed by atoms with Gasteiger partial charge in [-0.2, -0.15) is 0 Å². The molecule has 34 heavy (non-hydrogen) atoms. The minimum absolute atomic E-state index is 0.111. The van der Waals surface area contributed by atoms with Gasteiger partial charge in [0.25, 0.3) is 5.91 Å². The third-order valence-corrected chi connectivity index (χ3v) is 5.82. The Kier molecular flexibility index (Phi) is 6.08. The number of rotatable bonds is 6. The van der Waals surface area contributed by atoms with E-state index in [0.29, 0.717) is 42.1 Å². The molecule has 5 nitrogen and oxygen atoms in total. The van der Waals surface area contributed by atoms with Crippen molar-refractivity contribution in [3.05, 3.63) is 120 Å². The lowest BCUT2D eigenvalue weighted by molar-refractivity contribution is -0.119. The van der Waals surface area contributed by atoms with Crippen molar-refractivity contribution in [2.75, 3.05) is 10.2 Å². The van der Waals surface area contributed by atoms with Crippen LogP contribution in [0.3, 0.4) is 0 Å². The molecule has 168 valence electrons. The molecule has 1 N–H and O–H groups in total. The quantitative estimate of drug-likeness (QED) is 0.381. The van der Waals surface area contributed by atoms with E-state index in [1.165, 1.54) is 0 Å². The number of fused-ring (bicyclic) bond motifs is 1. The highest BCUT2D eigenvalue weighted by Crippen LogP contribution is 2.32. The van der Waals surface area contributed by atoms with Gasteiger partial charge in [-0.15, -0.1) is 0 Å². The first-order valence-corrected chi connectivity index (χ1v) is 11.3. The zero-order valence-corrected chi connectivity index (χ0v) is 18.6. The van der Waals surface area contributed by atoms with Crippen LogP contribution in [0.4, 0.5) is 11.4 Å². The molecule has 0 atom stereocenters. The number of nitrogens with one attached hydrogen (secondary N) is 1. The molecule has 0 aromatic heterocycles. The molecule has 1 aliphatic heterocycles. The summed E-state index contributed by atoms with van der Waals surface area (Å²) in [6, 6.07) is 32.2. The van der Waals surface area contributed by atoms with Crippen molar-refractivity contribution in [3.8, 4) is 11.5 Å². The molecule has 5 heteroatoms. The largest absolute Gasteiger partial charge is 0.457 e. The number of nitrogens with zero attached hydrogens (tertiary/aromatic N) is 1. The molecule has 0 fully saturated rings. The second kappa shape index (κ2) is 9.63. The van der Waals surface area contributed by atoms with Crippen molar-refractivity contribution < 1.29 is 14.3 Å². The van der Waals surface area contributed by atoms with E-state index in [2.05, 4.69) is 5.32 Å². The molecule has 2 amide bonds. The van der Waals surface area contributed by atoms with Crippen molar-refractivity contribution >= 4 is 23.2 Å². The molecule has 0 radical (unpaired) electrons. The summed E-state index contributed by atoms with van der Waals surface area (Å²) in [6.07, 6.45) is 1.10. The summed E-state index contributed by atoms with van der Waals surface area (Å²) in [4.78, 5) is 27.6. The van der Waals surface area contributed by atoms with Gasteiger partial charge in [-0.25, -0.2) is 0 Å². The molecule has 1 aliphatic rings. The van der Waals surface area contributed by atoms with E-state index < -0.39 is 0 Å². The van der Waals surface area contributed by atoms with Crippen LogP contribution in [-0.4, -0.2) is 11.8 Å². The second-order valence-corrected chi connectivity index (χ2v) is 8.17. The van der Waals surface area contributed by atoms with Crippen molar-refractivity contribution in [1.82, 2.24) is 0 Å². The lowest BCUT2D eigenvalue weighted by Crippen LogP contribution is -2.34. The number of carbonyl (C=O) groups is 2. The first-order valence-electron chi connectivity index (χ1n) is 11.3. The first kappa shape index (κ1) is 21.5. The number of hydrogen-bond acceptors (Lipinski definition) is 3. The molecular weight excluding hydrogens is 424 g/mol. The Morgan fingerprint density at radius 2 is 1.53 bits per heavy atom. The number of ether oxygens (including phenoxy) is 1. The Bertz CT molecular complexity index is 1320. The molecule has 0 saturated heterocycles. The van der Waals surface area contributed by atoms with Crippen molar-refractivity contribution in [1.29, 1.82) is 0 Å². The monoisotopic (exact) mass is 448 g/mol. The Morgan fingerprint density at radius 3 is 2.32 bits per heavy atom. The third kappa shape index (κ3) is 4.69. The Morgan fingerprint density at radius 1 is 0.824 bits per heavy atom. The van der Waals surface area contributed by atoms with Gasteiger partial charge in [0.15, 0.2) is 0 Å². The maximum absolute atomic E-state index is 13.1. The standard InChI is InChI=1S/C29H24N2O3/c32-28-18-15-22-19-23(16-17-26(22)31(28)20-21-9-3-1-4-10-21)30-29(33)25-13-7-8-14-27(25)34-24-11-5-2-6-12-24/h1-14,16-17,19H,15,18,20H2,(H,30,33). The minimum Gasteiger partial charge on any atom is -0.457 e. The number of hydrogen-bond donors (Lipinski definition) is 1. The van der Waals surface area contributed by atoms with E-state index in [1.54, 1.807) is 12.1 Å². The lowest BCUT2D eigenvalue weighted by Gasteiger charge is -2.30. The summed E-state index contributed by atoms with van der Waals surface area (Å²) < 4.78 is 5.94. The highest BCUT2D eigenvalue weighted by molar-refractivity contribution is 6.06. The number of benzene rings is 4. The van der Waals surface area contributed by atoms with Gasteiger partial charge in [-0.1, -0.05) is 60.7 Å². The normalized spacial score (nSPS) is 12.7. The molecule has 0 spiro atoms. The lowest BCUT2D eigenvalue weighted by atomic mass is 9.99. The predicted octanol–water partition coefficient (Wildman–Crippen LogP) is 6.21. The molecule has 0 bridgehead atoms. The van der Waals surface area contributed by atoms with Crippen LogP contribution in [0.15, 0.2) is 103 Å².